The van der Waals surface area contributed by atoms with Crippen molar-refractivity contribution in [1.29, 1.82) is 0 Å². The summed E-state index contributed by atoms with van der Waals surface area (Å²) in [6, 6.07) is 3.71. The van der Waals surface area contributed by atoms with Crippen molar-refractivity contribution < 1.29 is 14.3 Å². The molecule has 0 atom stereocenters. The van der Waals surface area contributed by atoms with Crippen LogP contribution in [0.25, 0.3) is 0 Å². The molecule has 80 valence electrons. The smallest absolute Gasteiger partial charge is 0.341 e. The van der Waals surface area contributed by atoms with E-state index in [9.17, 15) is 9.59 Å². The Morgan fingerprint density at radius 1 is 1.53 bits per heavy atom. The van der Waals surface area contributed by atoms with Gasteiger partial charge < -0.3 is 4.74 Å². The van der Waals surface area contributed by atoms with E-state index in [0.29, 0.717) is 0 Å². The summed E-state index contributed by atoms with van der Waals surface area (Å²) in [6.07, 6.45) is 0.218. The summed E-state index contributed by atoms with van der Waals surface area (Å²) in [7, 11) is 0. The van der Waals surface area contributed by atoms with Gasteiger partial charge in [0.2, 0.25) is 0 Å². The van der Waals surface area contributed by atoms with Crippen molar-refractivity contribution in [3.63, 3.8) is 0 Å². The predicted octanol–water partition coefficient (Wildman–Crippen LogP) is 1.98. The SMILES string of the molecule is C=C(C(=O)Cc1cccs1)C(=O)OCC. The number of hydrogen-bond donors (Lipinski definition) is 0. The summed E-state index contributed by atoms with van der Waals surface area (Å²) in [4.78, 5) is 23.6. The number of carbonyl (C=O) groups excluding carboxylic acids is 2. The molecule has 0 saturated heterocycles. The Bertz CT molecular complexity index is 365. The zero-order valence-corrected chi connectivity index (χ0v) is 9.30. The highest BCUT2D eigenvalue weighted by Gasteiger charge is 2.17. The molecule has 0 aliphatic rings. The highest BCUT2D eigenvalue weighted by atomic mass is 32.1. The lowest BCUT2D eigenvalue weighted by Crippen LogP contribution is -2.16. The number of rotatable bonds is 5. The lowest BCUT2D eigenvalue weighted by atomic mass is 10.1. The minimum Gasteiger partial charge on any atom is -0.462 e. The fraction of sp³-hybridized carbons (Fsp3) is 0.273. The van der Waals surface area contributed by atoms with Gasteiger partial charge in [0.1, 0.15) is 0 Å². The number of hydrogen-bond acceptors (Lipinski definition) is 4. The Kier molecular flexibility index (Phi) is 4.24. The van der Waals surface area contributed by atoms with Gasteiger partial charge in [-0.25, -0.2) is 4.79 Å². The van der Waals surface area contributed by atoms with Gasteiger partial charge in [0.05, 0.1) is 12.2 Å². The Balaban J connectivity index is 2.54. The zero-order chi connectivity index (χ0) is 11.3. The lowest BCUT2D eigenvalue weighted by molar-refractivity contribution is -0.139. The maximum atomic E-state index is 11.5. The Labute approximate surface area is 92.4 Å². The first-order chi connectivity index (χ1) is 7.15. The fourth-order valence-corrected chi connectivity index (χ4v) is 1.71. The predicted molar refractivity (Wildman–Crippen MR) is 58.8 cm³/mol. The second kappa shape index (κ2) is 5.46. The molecule has 15 heavy (non-hydrogen) atoms. The highest BCUT2D eigenvalue weighted by molar-refractivity contribution is 7.10. The second-order valence-electron chi connectivity index (χ2n) is 2.88. The van der Waals surface area contributed by atoms with E-state index in [2.05, 4.69) is 11.3 Å². The van der Waals surface area contributed by atoms with Crippen molar-refractivity contribution in [2.24, 2.45) is 0 Å². The molecule has 0 spiro atoms. The van der Waals surface area contributed by atoms with Crippen molar-refractivity contribution >= 4 is 23.1 Å². The van der Waals surface area contributed by atoms with Crippen molar-refractivity contribution in [2.45, 2.75) is 13.3 Å². The molecule has 4 heteroatoms. The van der Waals surface area contributed by atoms with Crippen molar-refractivity contribution in [3.05, 3.63) is 34.5 Å². The molecule has 1 heterocycles. The van der Waals surface area contributed by atoms with E-state index in [-0.39, 0.29) is 24.4 Å². The standard InChI is InChI=1S/C11H12O3S/c1-3-14-11(13)8(2)10(12)7-9-5-4-6-15-9/h4-6H,2-3,7H2,1H3. The van der Waals surface area contributed by atoms with Gasteiger partial charge >= 0.3 is 5.97 Å². The first-order valence-electron chi connectivity index (χ1n) is 4.56. The van der Waals surface area contributed by atoms with Crippen LogP contribution in [0, 0.1) is 0 Å². The van der Waals surface area contributed by atoms with Gasteiger partial charge in [-0.1, -0.05) is 12.6 Å². The third kappa shape index (κ3) is 3.32. The monoisotopic (exact) mass is 224 g/mol. The minimum absolute atomic E-state index is 0.0785. The molecule has 1 aromatic heterocycles. The van der Waals surface area contributed by atoms with E-state index >= 15 is 0 Å². The van der Waals surface area contributed by atoms with Gasteiger partial charge in [0, 0.05) is 11.3 Å². The van der Waals surface area contributed by atoms with Crippen LogP contribution in [0.4, 0.5) is 0 Å². The minimum atomic E-state index is -0.626. The molecule has 3 nitrogen and oxygen atoms in total. The topological polar surface area (TPSA) is 43.4 Å². The number of ether oxygens (including phenoxy) is 1. The average Bonchev–Trinajstić information content (AvgIpc) is 2.69. The molecule has 0 aromatic carbocycles. The molecule has 1 rings (SSSR count). The Hall–Kier alpha value is -1.42. The normalized spacial score (nSPS) is 9.67. The van der Waals surface area contributed by atoms with Crippen molar-refractivity contribution in [1.82, 2.24) is 0 Å². The molecule has 0 aliphatic carbocycles. The van der Waals surface area contributed by atoms with Crippen LogP contribution in [0.1, 0.15) is 11.8 Å². The van der Waals surface area contributed by atoms with E-state index in [1.54, 1.807) is 6.92 Å². The molecular formula is C11H12O3S. The second-order valence-corrected chi connectivity index (χ2v) is 3.91. The van der Waals surface area contributed by atoms with E-state index in [4.69, 9.17) is 0 Å². The van der Waals surface area contributed by atoms with Gasteiger partial charge in [-0.05, 0) is 18.4 Å². The highest BCUT2D eigenvalue weighted by Crippen LogP contribution is 2.12. The van der Waals surface area contributed by atoms with Crippen LogP contribution in [-0.4, -0.2) is 18.4 Å². The molecule has 0 amide bonds. The zero-order valence-electron chi connectivity index (χ0n) is 8.49. The molecule has 1 aromatic rings. The summed E-state index contributed by atoms with van der Waals surface area (Å²) >= 11 is 1.48. The summed E-state index contributed by atoms with van der Waals surface area (Å²) in [5, 5.41) is 1.88. The maximum absolute atomic E-state index is 11.5. The fourth-order valence-electron chi connectivity index (χ4n) is 1.01. The van der Waals surface area contributed by atoms with Crippen LogP contribution in [-0.2, 0) is 20.7 Å². The number of ketones is 1. The van der Waals surface area contributed by atoms with E-state index in [1.807, 2.05) is 17.5 Å². The van der Waals surface area contributed by atoms with Crippen LogP contribution in [0.15, 0.2) is 29.7 Å². The molecule has 0 fully saturated rings. The average molecular weight is 224 g/mol. The number of carbonyl (C=O) groups is 2. The summed E-state index contributed by atoms with van der Waals surface area (Å²) in [5.74, 6) is -0.907. The van der Waals surface area contributed by atoms with Gasteiger partial charge in [-0.15, -0.1) is 11.3 Å². The van der Waals surface area contributed by atoms with Gasteiger partial charge in [-0.3, -0.25) is 4.79 Å². The maximum Gasteiger partial charge on any atom is 0.341 e. The third-order valence-corrected chi connectivity index (χ3v) is 2.65. The van der Waals surface area contributed by atoms with Crippen LogP contribution >= 0.6 is 11.3 Å². The van der Waals surface area contributed by atoms with E-state index < -0.39 is 5.97 Å². The first kappa shape index (κ1) is 11.7. The summed E-state index contributed by atoms with van der Waals surface area (Å²) in [5.41, 5.74) is -0.0785. The van der Waals surface area contributed by atoms with Crippen LogP contribution < -0.4 is 0 Å². The summed E-state index contributed by atoms with van der Waals surface area (Å²) < 4.78 is 4.69. The lowest BCUT2D eigenvalue weighted by Gasteiger charge is -2.02. The molecular weight excluding hydrogens is 212 g/mol. The molecule has 0 N–H and O–H groups in total. The van der Waals surface area contributed by atoms with Gasteiger partial charge in [-0.2, -0.15) is 0 Å². The van der Waals surface area contributed by atoms with Crippen molar-refractivity contribution in [3.8, 4) is 0 Å². The Morgan fingerprint density at radius 2 is 2.27 bits per heavy atom. The summed E-state index contributed by atoms with van der Waals surface area (Å²) in [6.45, 7) is 5.38. The quantitative estimate of drug-likeness (QED) is 0.332. The third-order valence-electron chi connectivity index (χ3n) is 1.77. The molecule has 0 bridgehead atoms. The number of Topliss-reactive ketones (excluding diaryl/α,β-unsaturated/α-hetero) is 1. The molecule has 0 radical (unpaired) electrons. The number of thiophene rings is 1. The molecule has 0 unspecified atom stereocenters. The van der Waals surface area contributed by atoms with Gasteiger partial charge in [0.25, 0.3) is 0 Å². The van der Waals surface area contributed by atoms with Crippen molar-refractivity contribution in [2.75, 3.05) is 6.61 Å². The Morgan fingerprint density at radius 3 is 2.80 bits per heavy atom. The molecule has 0 saturated carbocycles. The number of esters is 1. The van der Waals surface area contributed by atoms with Crippen LogP contribution in [0.2, 0.25) is 0 Å². The van der Waals surface area contributed by atoms with Crippen LogP contribution in [0.3, 0.4) is 0 Å². The van der Waals surface area contributed by atoms with E-state index in [1.165, 1.54) is 11.3 Å². The van der Waals surface area contributed by atoms with Gasteiger partial charge in [0.15, 0.2) is 5.78 Å². The largest absolute Gasteiger partial charge is 0.462 e. The first-order valence-corrected chi connectivity index (χ1v) is 5.44. The van der Waals surface area contributed by atoms with Crippen LogP contribution in [0.5, 0.6) is 0 Å². The van der Waals surface area contributed by atoms with E-state index in [0.717, 1.165) is 4.88 Å². The molecule has 0 aliphatic heterocycles.